The van der Waals surface area contributed by atoms with E-state index in [9.17, 15) is 9.59 Å². The maximum Gasteiger partial charge on any atom is 0.262 e. The molecule has 8 nitrogen and oxygen atoms in total. The quantitative estimate of drug-likeness (QED) is 0.366. The maximum atomic E-state index is 13.3. The number of ether oxygens (including phenoxy) is 2. The van der Waals surface area contributed by atoms with E-state index in [4.69, 9.17) is 13.9 Å². The molecular formula is C22H17N3O5S. The molecule has 0 saturated heterocycles. The van der Waals surface area contributed by atoms with Crippen molar-refractivity contribution in [1.29, 1.82) is 0 Å². The third-order valence-electron chi connectivity index (χ3n) is 4.70. The van der Waals surface area contributed by atoms with Crippen LogP contribution in [0.4, 0.5) is 5.69 Å². The summed E-state index contributed by atoms with van der Waals surface area (Å²) in [6.45, 7) is 0.305. The second-order valence-electron chi connectivity index (χ2n) is 6.79. The molecule has 0 bridgehead atoms. The van der Waals surface area contributed by atoms with Crippen LogP contribution in [0.15, 0.2) is 75.2 Å². The summed E-state index contributed by atoms with van der Waals surface area (Å²) in [4.78, 5) is 30.3. The van der Waals surface area contributed by atoms with E-state index in [0.29, 0.717) is 39.0 Å². The summed E-state index contributed by atoms with van der Waals surface area (Å²) < 4.78 is 17.7. The first-order valence-corrected chi connectivity index (χ1v) is 10.5. The Morgan fingerprint density at radius 2 is 1.90 bits per heavy atom. The minimum atomic E-state index is -0.245. The molecule has 0 saturated carbocycles. The molecule has 1 aliphatic rings. The van der Waals surface area contributed by atoms with Gasteiger partial charge in [-0.1, -0.05) is 30.0 Å². The number of carbonyl (C=O) groups is 1. The molecule has 2 aromatic heterocycles. The summed E-state index contributed by atoms with van der Waals surface area (Å²) in [5.74, 6) is 1.56. The van der Waals surface area contributed by atoms with Gasteiger partial charge in [0.05, 0.1) is 29.5 Å². The number of thioether (sulfide) groups is 1. The van der Waals surface area contributed by atoms with Crippen LogP contribution in [0.1, 0.15) is 5.76 Å². The Balaban J connectivity index is 1.48. The van der Waals surface area contributed by atoms with Crippen molar-refractivity contribution in [2.75, 3.05) is 17.9 Å². The van der Waals surface area contributed by atoms with E-state index in [-0.39, 0.29) is 30.6 Å². The van der Waals surface area contributed by atoms with Gasteiger partial charge in [0, 0.05) is 11.8 Å². The summed E-state index contributed by atoms with van der Waals surface area (Å²) in [6, 6.07) is 16.1. The second kappa shape index (κ2) is 8.19. The summed E-state index contributed by atoms with van der Waals surface area (Å²) in [6.07, 6.45) is 1.55. The topological polar surface area (TPSA) is 95.6 Å². The van der Waals surface area contributed by atoms with Gasteiger partial charge < -0.3 is 19.2 Å². The molecule has 31 heavy (non-hydrogen) atoms. The number of nitrogens with one attached hydrogen (secondary N) is 1. The lowest BCUT2D eigenvalue weighted by Crippen LogP contribution is -2.24. The van der Waals surface area contributed by atoms with Gasteiger partial charge in [-0.15, -0.1) is 0 Å². The van der Waals surface area contributed by atoms with Gasteiger partial charge in [0.1, 0.15) is 5.76 Å². The predicted molar refractivity (Wildman–Crippen MR) is 116 cm³/mol. The SMILES string of the molecule is O=C(CSc1nc2cc3c(cc2c(=O)n1Cc1ccco1)OCO3)Nc1ccccc1. The summed E-state index contributed by atoms with van der Waals surface area (Å²) >= 11 is 1.18. The van der Waals surface area contributed by atoms with Crippen LogP contribution >= 0.6 is 11.8 Å². The van der Waals surface area contributed by atoms with Crippen molar-refractivity contribution in [3.63, 3.8) is 0 Å². The van der Waals surface area contributed by atoms with Crippen molar-refractivity contribution in [2.24, 2.45) is 0 Å². The van der Waals surface area contributed by atoms with Crippen LogP contribution in [0.3, 0.4) is 0 Å². The van der Waals surface area contributed by atoms with Gasteiger partial charge in [-0.05, 0) is 30.3 Å². The molecule has 5 rings (SSSR count). The predicted octanol–water partition coefficient (Wildman–Crippen LogP) is 3.50. The molecule has 3 heterocycles. The Hall–Kier alpha value is -3.72. The molecule has 0 radical (unpaired) electrons. The van der Waals surface area contributed by atoms with Gasteiger partial charge in [0.25, 0.3) is 5.56 Å². The fourth-order valence-electron chi connectivity index (χ4n) is 3.25. The van der Waals surface area contributed by atoms with Crippen LogP contribution in [0.5, 0.6) is 11.5 Å². The molecule has 0 aliphatic carbocycles. The largest absolute Gasteiger partial charge is 0.467 e. The number of hydrogen-bond acceptors (Lipinski definition) is 7. The Labute approximate surface area is 180 Å². The van der Waals surface area contributed by atoms with Crippen LogP contribution in [0.25, 0.3) is 10.9 Å². The van der Waals surface area contributed by atoms with Gasteiger partial charge in [0.15, 0.2) is 16.7 Å². The number of para-hydroxylation sites is 1. The number of benzene rings is 2. The lowest BCUT2D eigenvalue weighted by molar-refractivity contribution is -0.113. The number of amides is 1. The second-order valence-corrected chi connectivity index (χ2v) is 7.73. The highest BCUT2D eigenvalue weighted by molar-refractivity contribution is 7.99. The van der Waals surface area contributed by atoms with Crippen LogP contribution in [-0.4, -0.2) is 28.0 Å². The Bertz CT molecular complexity index is 1300. The fourth-order valence-corrected chi connectivity index (χ4v) is 4.05. The first-order valence-electron chi connectivity index (χ1n) is 9.51. The summed E-state index contributed by atoms with van der Waals surface area (Å²) in [5, 5.41) is 3.66. The molecule has 4 aromatic rings. The minimum absolute atomic E-state index is 0.0928. The number of furan rings is 1. The van der Waals surface area contributed by atoms with Gasteiger partial charge >= 0.3 is 0 Å². The zero-order chi connectivity index (χ0) is 21.2. The molecule has 2 aromatic carbocycles. The van der Waals surface area contributed by atoms with Gasteiger partial charge in [-0.2, -0.15) is 0 Å². The standard InChI is InChI=1S/C22H17N3O5S/c26-20(23-14-5-2-1-3-6-14)12-31-22-24-17-10-19-18(29-13-30-19)9-16(17)21(27)25(22)11-15-7-4-8-28-15/h1-10H,11-13H2,(H,23,26). The van der Waals surface area contributed by atoms with E-state index in [1.54, 1.807) is 30.5 Å². The molecule has 1 amide bonds. The molecule has 1 aliphatic heterocycles. The van der Waals surface area contributed by atoms with E-state index >= 15 is 0 Å². The van der Waals surface area contributed by atoms with Crippen molar-refractivity contribution in [3.05, 3.63) is 77.0 Å². The first-order chi connectivity index (χ1) is 15.2. The zero-order valence-corrected chi connectivity index (χ0v) is 17.1. The molecule has 156 valence electrons. The van der Waals surface area contributed by atoms with E-state index in [0.717, 1.165) is 0 Å². The van der Waals surface area contributed by atoms with Crippen molar-refractivity contribution < 1.29 is 18.7 Å². The van der Waals surface area contributed by atoms with Gasteiger partial charge in [-0.3, -0.25) is 14.2 Å². The molecule has 9 heteroatoms. The van der Waals surface area contributed by atoms with Crippen molar-refractivity contribution >= 4 is 34.3 Å². The Kier molecular flexibility index (Phi) is 5.09. The molecule has 0 fully saturated rings. The Morgan fingerprint density at radius 3 is 2.68 bits per heavy atom. The van der Waals surface area contributed by atoms with Crippen LogP contribution in [-0.2, 0) is 11.3 Å². The van der Waals surface area contributed by atoms with E-state index in [1.165, 1.54) is 16.3 Å². The number of hydrogen-bond donors (Lipinski definition) is 1. The third-order valence-corrected chi connectivity index (χ3v) is 5.67. The number of nitrogens with zero attached hydrogens (tertiary/aromatic N) is 2. The van der Waals surface area contributed by atoms with E-state index < -0.39 is 0 Å². The average Bonchev–Trinajstić information content (AvgIpc) is 3.45. The smallest absolute Gasteiger partial charge is 0.262 e. The van der Waals surface area contributed by atoms with Gasteiger partial charge in [0.2, 0.25) is 12.7 Å². The van der Waals surface area contributed by atoms with Gasteiger partial charge in [-0.25, -0.2) is 4.98 Å². The summed E-state index contributed by atoms with van der Waals surface area (Å²) in [5.41, 5.74) is 0.946. The highest BCUT2D eigenvalue weighted by Crippen LogP contribution is 2.35. The lowest BCUT2D eigenvalue weighted by atomic mass is 10.2. The number of carbonyl (C=O) groups excluding carboxylic acids is 1. The summed E-state index contributed by atoms with van der Waals surface area (Å²) in [7, 11) is 0. The molecular weight excluding hydrogens is 418 g/mol. The number of anilines is 1. The molecule has 0 spiro atoms. The Morgan fingerprint density at radius 1 is 1.10 bits per heavy atom. The van der Waals surface area contributed by atoms with E-state index in [1.807, 2.05) is 30.3 Å². The van der Waals surface area contributed by atoms with Crippen molar-refractivity contribution in [1.82, 2.24) is 9.55 Å². The average molecular weight is 435 g/mol. The molecule has 0 atom stereocenters. The number of rotatable bonds is 6. The molecule has 1 N–H and O–H groups in total. The van der Waals surface area contributed by atoms with Crippen molar-refractivity contribution in [2.45, 2.75) is 11.7 Å². The van der Waals surface area contributed by atoms with Crippen LogP contribution in [0, 0.1) is 0 Å². The lowest BCUT2D eigenvalue weighted by Gasteiger charge is -2.12. The number of aromatic nitrogens is 2. The highest BCUT2D eigenvalue weighted by atomic mass is 32.2. The van der Waals surface area contributed by atoms with Crippen LogP contribution in [0.2, 0.25) is 0 Å². The number of fused-ring (bicyclic) bond motifs is 2. The molecule has 0 unspecified atom stereocenters. The van der Waals surface area contributed by atoms with Crippen molar-refractivity contribution in [3.8, 4) is 11.5 Å². The minimum Gasteiger partial charge on any atom is -0.467 e. The normalized spacial score (nSPS) is 12.3. The van der Waals surface area contributed by atoms with E-state index in [2.05, 4.69) is 10.3 Å². The highest BCUT2D eigenvalue weighted by Gasteiger charge is 2.20. The monoisotopic (exact) mass is 435 g/mol. The first kappa shape index (κ1) is 19.3. The maximum absolute atomic E-state index is 13.3. The fraction of sp³-hybridized carbons (Fsp3) is 0.136. The third kappa shape index (κ3) is 3.99. The zero-order valence-electron chi connectivity index (χ0n) is 16.2. The van der Waals surface area contributed by atoms with Crippen LogP contribution < -0.4 is 20.3 Å².